The van der Waals surface area contributed by atoms with E-state index in [9.17, 15) is 9.59 Å². The Morgan fingerprint density at radius 3 is 2.35 bits per heavy atom. The van der Waals surface area contributed by atoms with Crippen LogP contribution >= 0.6 is 0 Å². The Hall–Kier alpha value is -1.84. The van der Waals surface area contributed by atoms with Crippen LogP contribution in [-0.4, -0.2) is 24.3 Å². The average Bonchev–Trinajstić information content (AvgIpc) is 2.51. The van der Waals surface area contributed by atoms with Crippen molar-refractivity contribution in [3.05, 3.63) is 29.8 Å². The van der Waals surface area contributed by atoms with Crippen molar-refractivity contribution in [2.75, 3.05) is 6.61 Å². The molecule has 0 heterocycles. The number of amides is 1. The molecule has 0 unspecified atom stereocenters. The molecule has 0 saturated heterocycles. The molecule has 4 aliphatic rings. The van der Waals surface area contributed by atoms with Crippen LogP contribution in [0, 0.1) is 17.8 Å². The molecule has 23 heavy (non-hydrogen) atoms. The largest absolute Gasteiger partial charge is 0.483 e. The normalized spacial score (nSPS) is 34.2. The van der Waals surface area contributed by atoms with Crippen LogP contribution in [-0.2, 0) is 4.79 Å². The number of rotatable bonds is 5. The lowest BCUT2D eigenvalue weighted by Crippen LogP contribution is -2.60. The van der Waals surface area contributed by atoms with Crippen molar-refractivity contribution in [1.82, 2.24) is 5.32 Å². The van der Waals surface area contributed by atoms with Gasteiger partial charge in [0, 0.05) is 5.54 Å². The Morgan fingerprint density at radius 1 is 1.13 bits per heavy atom. The molecule has 4 aliphatic carbocycles. The molecule has 4 nitrogen and oxygen atoms in total. The number of nitrogens with one attached hydrogen (secondary N) is 1. The molecule has 4 saturated carbocycles. The van der Waals surface area contributed by atoms with Crippen molar-refractivity contribution in [3.8, 4) is 5.75 Å². The lowest BCUT2D eigenvalue weighted by Gasteiger charge is -2.56. The molecule has 0 radical (unpaired) electrons. The van der Waals surface area contributed by atoms with Crippen LogP contribution in [0.5, 0.6) is 5.75 Å². The molecular weight excluding hydrogens is 290 g/mol. The molecule has 0 aromatic heterocycles. The summed E-state index contributed by atoms with van der Waals surface area (Å²) in [6.07, 6.45) is 8.24. The number of carbonyl (C=O) groups is 2. The van der Waals surface area contributed by atoms with E-state index >= 15 is 0 Å². The van der Waals surface area contributed by atoms with E-state index < -0.39 is 0 Å². The number of ether oxygens (including phenoxy) is 1. The van der Waals surface area contributed by atoms with Gasteiger partial charge in [-0.15, -0.1) is 0 Å². The molecule has 5 rings (SSSR count). The maximum absolute atomic E-state index is 12.4. The van der Waals surface area contributed by atoms with Crippen LogP contribution in [0.15, 0.2) is 24.3 Å². The Morgan fingerprint density at radius 2 is 1.74 bits per heavy atom. The molecule has 122 valence electrons. The van der Waals surface area contributed by atoms with Gasteiger partial charge in [0.2, 0.25) is 0 Å². The van der Waals surface area contributed by atoms with E-state index in [1.54, 1.807) is 24.3 Å². The summed E-state index contributed by atoms with van der Waals surface area (Å²) >= 11 is 0. The molecule has 4 bridgehead atoms. The van der Waals surface area contributed by atoms with Crippen LogP contribution < -0.4 is 10.1 Å². The van der Waals surface area contributed by atoms with Crippen LogP contribution in [0.3, 0.4) is 0 Å². The number of hydrogen-bond acceptors (Lipinski definition) is 3. The van der Waals surface area contributed by atoms with Crippen molar-refractivity contribution >= 4 is 12.2 Å². The Labute approximate surface area is 136 Å². The highest BCUT2D eigenvalue weighted by Crippen LogP contribution is 2.55. The zero-order chi connectivity index (χ0) is 15.9. The monoisotopic (exact) mass is 313 g/mol. The number of carbonyl (C=O) groups excluding carboxylic acids is 2. The predicted molar refractivity (Wildman–Crippen MR) is 86.4 cm³/mol. The lowest BCUT2D eigenvalue weighted by molar-refractivity contribution is -0.128. The highest BCUT2D eigenvalue weighted by Gasteiger charge is 2.51. The van der Waals surface area contributed by atoms with Gasteiger partial charge in [0.15, 0.2) is 12.9 Å². The summed E-state index contributed by atoms with van der Waals surface area (Å²) in [6.45, 7) is -0.0212. The fourth-order valence-corrected chi connectivity index (χ4v) is 5.45. The van der Waals surface area contributed by atoms with Crippen LogP contribution in [0.1, 0.15) is 48.9 Å². The van der Waals surface area contributed by atoms with E-state index in [2.05, 4.69) is 5.32 Å². The molecule has 4 fully saturated rings. The zero-order valence-electron chi connectivity index (χ0n) is 13.3. The first-order valence-corrected chi connectivity index (χ1v) is 8.64. The standard InChI is InChI=1S/C19H23NO3/c21-11-16-3-1-2-4-17(16)23-12-18(22)20-19-8-13-5-14(9-19)7-15(6-13)10-19/h1-4,11,13-15H,5-10,12H2,(H,20,22). The van der Waals surface area contributed by atoms with Gasteiger partial charge in [0.1, 0.15) is 5.75 Å². The van der Waals surface area contributed by atoms with Crippen molar-refractivity contribution in [3.63, 3.8) is 0 Å². The van der Waals surface area contributed by atoms with E-state index in [4.69, 9.17) is 4.74 Å². The minimum absolute atomic E-state index is 0.0133. The van der Waals surface area contributed by atoms with Gasteiger partial charge in [0.25, 0.3) is 5.91 Å². The summed E-state index contributed by atoms with van der Waals surface area (Å²) in [5.41, 5.74) is 0.495. The van der Waals surface area contributed by atoms with Crippen LogP contribution in [0.2, 0.25) is 0 Å². The summed E-state index contributed by atoms with van der Waals surface area (Å²) in [4.78, 5) is 23.4. The van der Waals surface area contributed by atoms with E-state index in [1.807, 2.05) is 0 Å². The first-order chi connectivity index (χ1) is 11.2. The highest BCUT2D eigenvalue weighted by atomic mass is 16.5. The van der Waals surface area contributed by atoms with E-state index in [1.165, 1.54) is 19.3 Å². The molecular formula is C19H23NO3. The summed E-state index contributed by atoms with van der Waals surface area (Å²) in [7, 11) is 0. The van der Waals surface area contributed by atoms with E-state index in [0.29, 0.717) is 11.3 Å². The van der Waals surface area contributed by atoms with Crippen molar-refractivity contribution in [2.45, 2.75) is 44.1 Å². The summed E-state index contributed by atoms with van der Waals surface area (Å²) in [6, 6.07) is 7.01. The molecule has 0 atom stereocenters. The first kappa shape index (κ1) is 14.7. The van der Waals surface area contributed by atoms with E-state index in [0.717, 1.165) is 43.3 Å². The Kier molecular flexibility index (Phi) is 3.63. The fraction of sp³-hybridized carbons (Fsp3) is 0.579. The molecule has 0 aliphatic heterocycles. The molecule has 1 N–H and O–H groups in total. The fourth-order valence-electron chi connectivity index (χ4n) is 5.45. The third-order valence-electron chi connectivity index (χ3n) is 5.85. The van der Waals surface area contributed by atoms with Gasteiger partial charge in [-0.25, -0.2) is 0 Å². The topological polar surface area (TPSA) is 55.4 Å². The first-order valence-electron chi connectivity index (χ1n) is 8.64. The lowest BCUT2D eigenvalue weighted by atomic mass is 9.53. The maximum atomic E-state index is 12.4. The second-order valence-electron chi connectivity index (χ2n) is 7.69. The van der Waals surface area contributed by atoms with Crippen molar-refractivity contribution in [2.24, 2.45) is 17.8 Å². The quantitative estimate of drug-likeness (QED) is 0.850. The van der Waals surface area contributed by atoms with Gasteiger partial charge in [-0.05, 0) is 68.4 Å². The summed E-state index contributed by atoms with van der Waals surface area (Å²) < 4.78 is 5.56. The van der Waals surface area contributed by atoms with Gasteiger partial charge >= 0.3 is 0 Å². The van der Waals surface area contributed by atoms with Gasteiger partial charge < -0.3 is 10.1 Å². The number of aldehydes is 1. The number of hydrogen-bond donors (Lipinski definition) is 1. The SMILES string of the molecule is O=Cc1ccccc1OCC(=O)NC12CC3CC(CC(C3)C1)C2. The minimum Gasteiger partial charge on any atom is -0.483 e. The van der Waals surface area contributed by atoms with Gasteiger partial charge in [-0.1, -0.05) is 12.1 Å². The molecule has 1 aromatic carbocycles. The predicted octanol–water partition coefficient (Wildman–Crippen LogP) is 2.96. The second-order valence-corrected chi connectivity index (χ2v) is 7.69. The van der Waals surface area contributed by atoms with Crippen LogP contribution in [0.25, 0.3) is 0 Å². The van der Waals surface area contributed by atoms with Gasteiger partial charge in [0.05, 0.1) is 5.56 Å². The third-order valence-corrected chi connectivity index (χ3v) is 5.85. The van der Waals surface area contributed by atoms with Gasteiger partial charge in [-0.3, -0.25) is 9.59 Å². The highest BCUT2D eigenvalue weighted by molar-refractivity contribution is 5.81. The molecule has 0 spiro atoms. The summed E-state index contributed by atoms with van der Waals surface area (Å²) in [5, 5.41) is 3.28. The Bertz CT molecular complexity index is 590. The smallest absolute Gasteiger partial charge is 0.258 e. The molecule has 4 heteroatoms. The average molecular weight is 313 g/mol. The summed E-state index contributed by atoms with van der Waals surface area (Å²) in [5.74, 6) is 2.82. The molecule has 1 aromatic rings. The number of benzene rings is 1. The second kappa shape index (κ2) is 5.66. The van der Waals surface area contributed by atoms with Crippen LogP contribution in [0.4, 0.5) is 0 Å². The number of para-hydroxylation sites is 1. The van der Waals surface area contributed by atoms with E-state index in [-0.39, 0.29) is 18.1 Å². The minimum atomic E-state index is -0.0624. The Balaban J connectivity index is 1.38. The van der Waals surface area contributed by atoms with Crippen molar-refractivity contribution in [1.29, 1.82) is 0 Å². The van der Waals surface area contributed by atoms with Crippen molar-refractivity contribution < 1.29 is 14.3 Å². The molecule has 1 amide bonds. The third kappa shape index (κ3) is 2.87. The van der Waals surface area contributed by atoms with Gasteiger partial charge in [-0.2, -0.15) is 0 Å². The maximum Gasteiger partial charge on any atom is 0.258 e. The zero-order valence-corrected chi connectivity index (χ0v) is 13.3.